The van der Waals surface area contributed by atoms with E-state index in [-0.39, 0.29) is 6.04 Å². The van der Waals surface area contributed by atoms with Crippen molar-refractivity contribution >= 4 is 23.2 Å². The van der Waals surface area contributed by atoms with Crippen molar-refractivity contribution in [1.29, 1.82) is 0 Å². The van der Waals surface area contributed by atoms with E-state index in [0.29, 0.717) is 17.5 Å². The molecule has 0 fully saturated rings. The summed E-state index contributed by atoms with van der Waals surface area (Å²) in [4.78, 5) is 6.44. The van der Waals surface area contributed by atoms with Gasteiger partial charge in [-0.15, -0.1) is 0 Å². The van der Waals surface area contributed by atoms with Crippen molar-refractivity contribution in [2.45, 2.75) is 19.9 Å². The minimum atomic E-state index is 0.100. The highest BCUT2D eigenvalue weighted by Crippen LogP contribution is 2.35. The number of hydrogen-bond donors (Lipinski definition) is 1. The SMILES string of the molecule is Cc1cc(C)cc(C2CN=C(N)N2c2ccccc2Cl)c1. The van der Waals surface area contributed by atoms with E-state index < -0.39 is 0 Å². The Balaban J connectivity index is 2.05. The van der Waals surface area contributed by atoms with Gasteiger partial charge in [0.15, 0.2) is 5.96 Å². The predicted octanol–water partition coefficient (Wildman–Crippen LogP) is 3.83. The molecule has 0 radical (unpaired) electrons. The number of nitrogens with two attached hydrogens (primary N) is 1. The molecule has 3 nitrogen and oxygen atoms in total. The van der Waals surface area contributed by atoms with Gasteiger partial charge in [0.2, 0.25) is 0 Å². The van der Waals surface area contributed by atoms with Crippen molar-refractivity contribution < 1.29 is 0 Å². The van der Waals surface area contributed by atoms with Crippen LogP contribution in [-0.2, 0) is 0 Å². The molecule has 1 heterocycles. The highest BCUT2D eigenvalue weighted by molar-refractivity contribution is 6.33. The molecular formula is C17H18ClN3. The maximum absolute atomic E-state index is 6.33. The van der Waals surface area contributed by atoms with Crippen LogP contribution in [0.4, 0.5) is 5.69 Å². The molecule has 1 aliphatic heterocycles. The van der Waals surface area contributed by atoms with E-state index in [1.807, 2.05) is 29.2 Å². The number of rotatable bonds is 2. The Kier molecular flexibility index (Phi) is 3.60. The van der Waals surface area contributed by atoms with Gasteiger partial charge < -0.3 is 10.6 Å². The van der Waals surface area contributed by atoms with Gasteiger partial charge >= 0.3 is 0 Å². The van der Waals surface area contributed by atoms with Crippen LogP contribution in [0, 0.1) is 13.8 Å². The van der Waals surface area contributed by atoms with Crippen LogP contribution in [-0.4, -0.2) is 12.5 Å². The smallest absolute Gasteiger partial charge is 0.196 e. The second-order valence-electron chi connectivity index (χ2n) is 5.46. The number of aliphatic imine (C=N–C) groups is 1. The minimum absolute atomic E-state index is 0.100. The molecule has 0 aliphatic carbocycles. The molecule has 1 aliphatic rings. The standard InChI is InChI=1S/C17H18ClN3/c1-11-7-12(2)9-13(8-11)16-10-20-17(19)21(16)15-6-4-3-5-14(15)18/h3-9,16H,10H2,1-2H3,(H2,19,20). The zero-order valence-electron chi connectivity index (χ0n) is 12.2. The average Bonchev–Trinajstić information content (AvgIpc) is 2.80. The number of nitrogens with zero attached hydrogens (tertiary/aromatic N) is 2. The molecule has 2 N–H and O–H groups in total. The number of benzene rings is 2. The van der Waals surface area contributed by atoms with Crippen molar-refractivity contribution in [3.05, 3.63) is 64.2 Å². The van der Waals surface area contributed by atoms with Gasteiger partial charge in [0, 0.05) is 0 Å². The molecule has 1 unspecified atom stereocenters. The van der Waals surface area contributed by atoms with Crippen molar-refractivity contribution in [2.24, 2.45) is 10.7 Å². The lowest BCUT2D eigenvalue weighted by atomic mass is 10.0. The van der Waals surface area contributed by atoms with Crippen LogP contribution in [0.1, 0.15) is 22.7 Å². The molecule has 2 aromatic rings. The fraction of sp³-hybridized carbons (Fsp3) is 0.235. The predicted molar refractivity (Wildman–Crippen MR) is 89.1 cm³/mol. The molecule has 0 spiro atoms. The molecule has 0 amide bonds. The Bertz CT molecular complexity index is 689. The van der Waals surface area contributed by atoms with Crippen molar-refractivity contribution in [3.8, 4) is 0 Å². The van der Waals surface area contributed by atoms with E-state index in [9.17, 15) is 0 Å². The van der Waals surface area contributed by atoms with Crippen LogP contribution in [0.25, 0.3) is 0 Å². The van der Waals surface area contributed by atoms with Crippen molar-refractivity contribution in [1.82, 2.24) is 0 Å². The van der Waals surface area contributed by atoms with E-state index in [4.69, 9.17) is 17.3 Å². The Hall–Kier alpha value is -2.00. The quantitative estimate of drug-likeness (QED) is 0.915. The first-order chi connectivity index (χ1) is 10.1. The number of hydrogen-bond acceptors (Lipinski definition) is 3. The second kappa shape index (κ2) is 5.41. The molecule has 108 valence electrons. The van der Waals surface area contributed by atoms with Gasteiger partial charge in [-0.3, -0.25) is 4.99 Å². The van der Waals surface area contributed by atoms with Crippen molar-refractivity contribution in [2.75, 3.05) is 11.4 Å². The van der Waals surface area contributed by atoms with Gasteiger partial charge in [-0.05, 0) is 31.5 Å². The van der Waals surface area contributed by atoms with Gasteiger partial charge in [-0.25, -0.2) is 0 Å². The summed E-state index contributed by atoms with van der Waals surface area (Å²) in [6.07, 6.45) is 0. The number of aryl methyl sites for hydroxylation is 2. The third-order valence-electron chi connectivity index (χ3n) is 3.73. The highest BCUT2D eigenvalue weighted by atomic mass is 35.5. The third kappa shape index (κ3) is 2.61. The zero-order valence-corrected chi connectivity index (χ0v) is 12.9. The first-order valence-electron chi connectivity index (χ1n) is 6.98. The average molecular weight is 300 g/mol. The largest absolute Gasteiger partial charge is 0.369 e. The number of para-hydroxylation sites is 1. The monoisotopic (exact) mass is 299 g/mol. The van der Waals surface area contributed by atoms with Crippen LogP contribution >= 0.6 is 11.6 Å². The van der Waals surface area contributed by atoms with Crippen molar-refractivity contribution in [3.63, 3.8) is 0 Å². The lowest BCUT2D eigenvalue weighted by Crippen LogP contribution is -2.36. The van der Waals surface area contributed by atoms with Crippen LogP contribution in [0.15, 0.2) is 47.5 Å². The molecule has 0 bridgehead atoms. The summed E-state index contributed by atoms with van der Waals surface area (Å²) in [5.74, 6) is 0.521. The molecular weight excluding hydrogens is 282 g/mol. The van der Waals surface area contributed by atoms with E-state index in [1.165, 1.54) is 16.7 Å². The molecule has 21 heavy (non-hydrogen) atoms. The van der Waals surface area contributed by atoms with Crippen LogP contribution in [0.3, 0.4) is 0 Å². The topological polar surface area (TPSA) is 41.6 Å². The molecule has 4 heteroatoms. The summed E-state index contributed by atoms with van der Waals surface area (Å²) in [5.41, 5.74) is 10.7. The van der Waals surface area contributed by atoms with Crippen LogP contribution in [0.2, 0.25) is 5.02 Å². The summed E-state index contributed by atoms with van der Waals surface area (Å²) in [6.45, 7) is 4.87. The van der Waals surface area contributed by atoms with Gasteiger partial charge in [0.25, 0.3) is 0 Å². The molecule has 0 saturated carbocycles. The Morgan fingerprint density at radius 1 is 1.14 bits per heavy atom. The van der Waals surface area contributed by atoms with Gasteiger partial charge in [0.1, 0.15) is 0 Å². The molecule has 3 rings (SSSR count). The fourth-order valence-corrected chi connectivity index (χ4v) is 3.12. The number of anilines is 1. The maximum Gasteiger partial charge on any atom is 0.196 e. The summed E-state index contributed by atoms with van der Waals surface area (Å²) < 4.78 is 0. The van der Waals surface area contributed by atoms with E-state index in [0.717, 1.165) is 5.69 Å². The van der Waals surface area contributed by atoms with Gasteiger partial charge in [0.05, 0.1) is 23.3 Å². The number of halogens is 1. The zero-order chi connectivity index (χ0) is 15.0. The highest BCUT2D eigenvalue weighted by Gasteiger charge is 2.30. The summed E-state index contributed by atoms with van der Waals surface area (Å²) in [7, 11) is 0. The van der Waals surface area contributed by atoms with Gasteiger partial charge in [-0.2, -0.15) is 0 Å². The summed E-state index contributed by atoms with van der Waals surface area (Å²) in [5, 5.41) is 0.687. The Morgan fingerprint density at radius 3 is 2.48 bits per heavy atom. The third-order valence-corrected chi connectivity index (χ3v) is 4.05. The van der Waals surface area contributed by atoms with Crippen LogP contribution < -0.4 is 10.6 Å². The molecule has 2 aromatic carbocycles. The first-order valence-corrected chi connectivity index (χ1v) is 7.36. The normalized spacial score (nSPS) is 18.0. The lowest BCUT2D eigenvalue weighted by Gasteiger charge is -2.28. The first kappa shape index (κ1) is 14.0. The van der Waals surface area contributed by atoms with Crippen LogP contribution in [0.5, 0.6) is 0 Å². The lowest BCUT2D eigenvalue weighted by molar-refractivity contribution is 0.767. The maximum atomic E-state index is 6.33. The second-order valence-corrected chi connectivity index (χ2v) is 5.86. The van der Waals surface area contributed by atoms with E-state index in [2.05, 4.69) is 37.0 Å². The minimum Gasteiger partial charge on any atom is -0.369 e. The number of guanidine groups is 1. The van der Waals surface area contributed by atoms with Gasteiger partial charge in [-0.1, -0.05) is 53.1 Å². The summed E-state index contributed by atoms with van der Waals surface area (Å²) in [6, 6.07) is 14.4. The Labute approximate surface area is 130 Å². The fourth-order valence-electron chi connectivity index (χ4n) is 2.89. The van der Waals surface area contributed by atoms with E-state index >= 15 is 0 Å². The molecule has 0 aromatic heterocycles. The molecule has 0 saturated heterocycles. The Morgan fingerprint density at radius 2 is 1.81 bits per heavy atom. The summed E-state index contributed by atoms with van der Waals surface area (Å²) >= 11 is 6.33. The molecule has 1 atom stereocenters. The van der Waals surface area contributed by atoms with E-state index in [1.54, 1.807) is 0 Å².